The minimum atomic E-state index is -0.484. The van der Waals surface area contributed by atoms with Gasteiger partial charge in [-0.25, -0.2) is 9.37 Å². The van der Waals surface area contributed by atoms with E-state index in [1.54, 1.807) is 30.6 Å². The van der Waals surface area contributed by atoms with Gasteiger partial charge >= 0.3 is 0 Å². The highest BCUT2D eigenvalue weighted by molar-refractivity contribution is 5.86. The van der Waals surface area contributed by atoms with Gasteiger partial charge in [-0.2, -0.15) is 0 Å². The molecule has 2 N–H and O–H groups in total. The van der Waals surface area contributed by atoms with E-state index in [1.165, 1.54) is 6.07 Å². The van der Waals surface area contributed by atoms with Crippen molar-refractivity contribution in [1.82, 2.24) is 9.97 Å². The van der Waals surface area contributed by atoms with Crippen molar-refractivity contribution in [2.24, 2.45) is 0 Å². The maximum atomic E-state index is 14.2. The van der Waals surface area contributed by atoms with Crippen molar-refractivity contribution in [3.8, 4) is 5.75 Å². The van der Waals surface area contributed by atoms with Crippen LogP contribution in [0.25, 0.3) is 10.9 Å². The SMILES string of the molecule is Cc1ccc2ccc(C(Nc3ccccc3F)c3cccnc3)c(O)c2n1. The Morgan fingerprint density at radius 3 is 2.59 bits per heavy atom. The third kappa shape index (κ3) is 3.31. The summed E-state index contributed by atoms with van der Waals surface area (Å²) >= 11 is 0. The molecule has 0 spiro atoms. The number of phenols is 1. The molecular weight excluding hydrogens is 341 g/mol. The summed E-state index contributed by atoms with van der Waals surface area (Å²) in [5.41, 5.74) is 3.11. The lowest BCUT2D eigenvalue weighted by atomic mass is 9.97. The van der Waals surface area contributed by atoms with Crippen molar-refractivity contribution in [2.45, 2.75) is 13.0 Å². The number of pyridine rings is 2. The van der Waals surface area contributed by atoms with Crippen molar-refractivity contribution < 1.29 is 9.50 Å². The number of halogens is 1. The maximum absolute atomic E-state index is 14.2. The molecule has 2 heterocycles. The molecule has 0 radical (unpaired) electrons. The molecule has 1 unspecified atom stereocenters. The summed E-state index contributed by atoms with van der Waals surface area (Å²) in [6.45, 7) is 1.88. The quantitative estimate of drug-likeness (QED) is 0.539. The summed E-state index contributed by atoms with van der Waals surface area (Å²) in [7, 11) is 0. The predicted octanol–water partition coefficient (Wildman–Crippen LogP) is 4.98. The number of benzene rings is 2. The van der Waals surface area contributed by atoms with Crippen molar-refractivity contribution in [2.75, 3.05) is 5.32 Å². The van der Waals surface area contributed by atoms with Gasteiger partial charge in [-0.15, -0.1) is 0 Å². The second-order valence-corrected chi connectivity index (χ2v) is 6.37. The second kappa shape index (κ2) is 7.03. The Labute approximate surface area is 156 Å². The van der Waals surface area contributed by atoms with E-state index in [4.69, 9.17) is 0 Å². The summed E-state index contributed by atoms with van der Waals surface area (Å²) in [5, 5.41) is 15.0. The van der Waals surface area contributed by atoms with Gasteiger partial charge in [0.2, 0.25) is 0 Å². The lowest BCUT2D eigenvalue weighted by Crippen LogP contribution is -2.14. The summed E-state index contributed by atoms with van der Waals surface area (Å²) in [4.78, 5) is 8.64. The lowest BCUT2D eigenvalue weighted by molar-refractivity contribution is 0.471. The molecule has 0 saturated carbocycles. The van der Waals surface area contributed by atoms with E-state index in [9.17, 15) is 9.50 Å². The molecule has 4 nitrogen and oxygen atoms in total. The molecule has 1 atom stereocenters. The van der Waals surface area contributed by atoms with Gasteiger partial charge in [-0.3, -0.25) is 4.98 Å². The van der Waals surface area contributed by atoms with Crippen LogP contribution in [0.3, 0.4) is 0 Å². The maximum Gasteiger partial charge on any atom is 0.147 e. The fourth-order valence-electron chi connectivity index (χ4n) is 3.14. The van der Waals surface area contributed by atoms with E-state index >= 15 is 0 Å². The number of nitrogens with zero attached hydrogens (tertiary/aromatic N) is 2. The minimum Gasteiger partial charge on any atom is -0.505 e. The fraction of sp³-hybridized carbons (Fsp3) is 0.0909. The third-order valence-corrected chi connectivity index (χ3v) is 4.51. The molecule has 0 amide bonds. The van der Waals surface area contributed by atoms with Crippen molar-refractivity contribution in [1.29, 1.82) is 0 Å². The number of rotatable bonds is 4. The van der Waals surface area contributed by atoms with Crippen LogP contribution in [0.15, 0.2) is 73.1 Å². The Morgan fingerprint density at radius 1 is 1.00 bits per heavy atom. The first kappa shape index (κ1) is 17.0. The monoisotopic (exact) mass is 359 g/mol. The van der Waals surface area contributed by atoms with Gasteiger partial charge in [0, 0.05) is 29.0 Å². The molecule has 27 heavy (non-hydrogen) atoms. The van der Waals surface area contributed by atoms with Gasteiger partial charge in [0.25, 0.3) is 0 Å². The van der Waals surface area contributed by atoms with E-state index in [-0.39, 0.29) is 11.6 Å². The smallest absolute Gasteiger partial charge is 0.147 e. The van der Waals surface area contributed by atoms with Gasteiger partial charge in [0.05, 0.1) is 11.7 Å². The Kier molecular flexibility index (Phi) is 4.42. The number of aromatic nitrogens is 2. The number of anilines is 1. The molecule has 0 aliphatic heterocycles. The molecule has 0 aliphatic rings. The number of fused-ring (bicyclic) bond motifs is 1. The molecule has 0 bridgehead atoms. The number of para-hydroxylation sites is 1. The Morgan fingerprint density at radius 2 is 1.81 bits per heavy atom. The molecular formula is C22H18FN3O. The van der Waals surface area contributed by atoms with E-state index in [0.717, 1.165) is 16.6 Å². The van der Waals surface area contributed by atoms with Crippen LogP contribution in [0.4, 0.5) is 10.1 Å². The molecule has 0 saturated heterocycles. The Balaban J connectivity index is 1.87. The Bertz CT molecular complexity index is 1100. The number of aromatic hydroxyl groups is 1. The average Bonchev–Trinajstić information content (AvgIpc) is 2.69. The summed E-state index contributed by atoms with van der Waals surface area (Å²) in [6, 6.07) is 17.2. The van der Waals surface area contributed by atoms with Crippen LogP contribution in [-0.2, 0) is 0 Å². The van der Waals surface area contributed by atoms with Crippen molar-refractivity contribution in [3.05, 3.63) is 95.7 Å². The fourth-order valence-corrected chi connectivity index (χ4v) is 3.14. The number of phenolic OH excluding ortho intramolecular Hbond substituents is 1. The van der Waals surface area contributed by atoms with Crippen LogP contribution in [0, 0.1) is 12.7 Å². The summed E-state index contributed by atoms with van der Waals surface area (Å²) in [6.07, 6.45) is 3.38. The number of nitrogens with one attached hydrogen (secondary N) is 1. The van der Waals surface area contributed by atoms with E-state index in [0.29, 0.717) is 16.8 Å². The minimum absolute atomic E-state index is 0.0777. The normalized spacial score (nSPS) is 12.1. The van der Waals surface area contributed by atoms with Crippen molar-refractivity contribution in [3.63, 3.8) is 0 Å². The van der Waals surface area contributed by atoms with Crippen LogP contribution >= 0.6 is 0 Å². The van der Waals surface area contributed by atoms with E-state index in [2.05, 4.69) is 15.3 Å². The van der Waals surface area contributed by atoms with Crippen LogP contribution in [0.1, 0.15) is 22.9 Å². The van der Waals surface area contributed by atoms with E-state index < -0.39 is 6.04 Å². The highest BCUT2D eigenvalue weighted by Crippen LogP contribution is 2.36. The van der Waals surface area contributed by atoms with Gasteiger partial charge in [0.15, 0.2) is 0 Å². The van der Waals surface area contributed by atoms with Crippen LogP contribution in [0.5, 0.6) is 5.75 Å². The molecule has 134 valence electrons. The van der Waals surface area contributed by atoms with Crippen LogP contribution in [0.2, 0.25) is 0 Å². The van der Waals surface area contributed by atoms with Gasteiger partial charge in [-0.1, -0.05) is 36.4 Å². The molecule has 5 heteroatoms. The second-order valence-electron chi connectivity index (χ2n) is 6.37. The Hall–Kier alpha value is -3.47. The summed E-state index contributed by atoms with van der Waals surface area (Å²) in [5.74, 6) is -0.283. The molecule has 4 rings (SSSR count). The first-order valence-corrected chi connectivity index (χ1v) is 8.63. The zero-order valence-electron chi connectivity index (χ0n) is 14.7. The largest absolute Gasteiger partial charge is 0.505 e. The number of aryl methyl sites for hydroxylation is 1. The molecule has 0 aliphatic carbocycles. The first-order chi connectivity index (χ1) is 13.1. The van der Waals surface area contributed by atoms with Crippen LogP contribution < -0.4 is 5.32 Å². The molecule has 0 fully saturated rings. The molecule has 2 aromatic carbocycles. The highest BCUT2D eigenvalue weighted by Gasteiger charge is 2.21. The van der Waals surface area contributed by atoms with Gasteiger partial charge in [0.1, 0.15) is 17.1 Å². The predicted molar refractivity (Wildman–Crippen MR) is 104 cm³/mol. The topological polar surface area (TPSA) is 58.0 Å². The lowest BCUT2D eigenvalue weighted by Gasteiger charge is -2.22. The first-order valence-electron chi connectivity index (χ1n) is 8.63. The van der Waals surface area contributed by atoms with Crippen molar-refractivity contribution >= 4 is 16.6 Å². The standard InChI is InChI=1S/C22H18FN3O/c1-14-8-9-15-10-11-17(22(27)21(15)25-14)20(16-5-4-12-24-13-16)26-19-7-3-2-6-18(19)23/h2-13,20,26-27H,1H3. The van der Waals surface area contributed by atoms with Crippen LogP contribution in [-0.4, -0.2) is 15.1 Å². The molecule has 4 aromatic rings. The van der Waals surface area contributed by atoms with Gasteiger partial charge in [-0.05, 0) is 36.8 Å². The zero-order chi connectivity index (χ0) is 18.8. The number of hydrogen-bond donors (Lipinski definition) is 2. The molecule has 2 aromatic heterocycles. The average molecular weight is 359 g/mol. The number of hydrogen-bond acceptors (Lipinski definition) is 4. The third-order valence-electron chi connectivity index (χ3n) is 4.51. The van der Waals surface area contributed by atoms with E-state index in [1.807, 2.05) is 43.3 Å². The van der Waals surface area contributed by atoms with Gasteiger partial charge < -0.3 is 10.4 Å². The highest BCUT2D eigenvalue weighted by atomic mass is 19.1. The summed E-state index contributed by atoms with van der Waals surface area (Å²) < 4.78 is 14.2. The zero-order valence-corrected chi connectivity index (χ0v) is 14.7.